The quantitative estimate of drug-likeness (QED) is 0.752. The van der Waals surface area contributed by atoms with Gasteiger partial charge < -0.3 is 5.32 Å². The Balaban J connectivity index is 1.87. The molecule has 0 radical (unpaired) electrons. The van der Waals surface area contributed by atoms with Crippen molar-refractivity contribution in [1.29, 1.82) is 0 Å². The lowest BCUT2D eigenvalue weighted by Crippen LogP contribution is -2.14. The monoisotopic (exact) mass is 352 g/mol. The summed E-state index contributed by atoms with van der Waals surface area (Å²) in [5.74, 6) is -0.211. The Morgan fingerprint density at radius 2 is 1.80 bits per heavy atom. The molecule has 1 amide bonds. The Bertz CT molecular complexity index is 1150. The van der Waals surface area contributed by atoms with Gasteiger partial charge in [0.25, 0.3) is 15.9 Å². The maximum Gasteiger partial charge on any atom is 0.262 e. The zero-order valence-corrected chi connectivity index (χ0v) is 14.6. The molecule has 1 aliphatic heterocycles. The minimum atomic E-state index is -3.79. The molecule has 0 saturated heterocycles. The van der Waals surface area contributed by atoms with E-state index in [0.717, 1.165) is 11.1 Å². The van der Waals surface area contributed by atoms with Crippen LogP contribution in [0.3, 0.4) is 0 Å². The van der Waals surface area contributed by atoms with Crippen LogP contribution in [0.5, 0.6) is 0 Å². The van der Waals surface area contributed by atoms with E-state index in [1.54, 1.807) is 30.3 Å². The molecule has 5 nitrogen and oxygen atoms in total. The van der Waals surface area contributed by atoms with Crippen molar-refractivity contribution < 1.29 is 13.2 Å². The number of sulfonamides is 1. The van der Waals surface area contributed by atoms with Gasteiger partial charge in [-0.2, -0.15) is 0 Å². The molecule has 0 spiro atoms. The standard InChI is InChI=1S/C19H16N2O3S/c1-11-6-7-15(12(2)10-11)21-25(23,24)17-9-8-16-18-13(17)4-3-5-14(18)19(22)20-16/h3-10,21H,1-2H3,(H,20,22). The molecule has 4 rings (SSSR count). The van der Waals surface area contributed by atoms with E-state index < -0.39 is 10.0 Å². The third kappa shape index (κ3) is 2.46. The van der Waals surface area contributed by atoms with Gasteiger partial charge in [0.1, 0.15) is 0 Å². The second-order valence-corrected chi connectivity index (χ2v) is 7.87. The first-order chi connectivity index (χ1) is 11.9. The van der Waals surface area contributed by atoms with Crippen molar-refractivity contribution in [2.75, 3.05) is 10.0 Å². The van der Waals surface area contributed by atoms with E-state index in [9.17, 15) is 13.2 Å². The first-order valence-electron chi connectivity index (χ1n) is 7.84. The predicted octanol–water partition coefficient (Wildman–Crippen LogP) is 3.82. The van der Waals surface area contributed by atoms with Crippen LogP contribution in [0.15, 0.2) is 53.4 Å². The van der Waals surface area contributed by atoms with Crippen LogP contribution in [0, 0.1) is 13.8 Å². The maximum absolute atomic E-state index is 13.0. The molecule has 0 unspecified atom stereocenters. The first kappa shape index (κ1) is 15.7. The summed E-state index contributed by atoms with van der Waals surface area (Å²) in [5.41, 5.74) is 3.60. The van der Waals surface area contributed by atoms with E-state index in [-0.39, 0.29) is 10.8 Å². The lowest BCUT2D eigenvalue weighted by Gasteiger charge is -2.13. The van der Waals surface area contributed by atoms with Gasteiger partial charge in [-0.05, 0) is 43.7 Å². The summed E-state index contributed by atoms with van der Waals surface area (Å²) in [7, 11) is -3.79. The first-order valence-corrected chi connectivity index (χ1v) is 9.32. The highest BCUT2D eigenvalue weighted by Crippen LogP contribution is 2.37. The van der Waals surface area contributed by atoms with Crippen LogP contribution in [-0.4, -0.2) is 14.3 Å². The van der Waals surface area contributed by atoms with Gasteiger partial charge in [0.2, 0.25) is 0 Å². The number of anilines is 2. The highest BCUT2D eigenvalue weighted by molar-refractivity contribution is 7.93. The Kier molecular flexibility index (Phi) is 3.33. The molecule has 6 heteroatoms. The largest absolute Gasteiger partial charge is 0.321 e. The number of amides is 1. The van der Waals surface area contributed by atoms with E-state index in [0.29, 0.717) is 27.7 Å². The molecular formula is C19H16N2O3S. The molecule has 25 heavy (non-hydrogen) atoms. The molecule has 3 aromatic carbocycles. The van der Waals surface area contributed by atoms with Crippen LogP contribution in [0.1, 0.15) is 21.5 Å². The summed E-state index contributed by atoms with van der Waals surface area (Å²) < 4.78 is 28.6. The average molecular weight is 352 g/mol. The number of carbonyl (C=O) groups excluding carboxylic acids is 1. The van der Waals surface area contributed by atoms with Gasteiger partial charge in [-0.1, -0.05) is 29.8 Å². The molecular weight excluding hydrogens is 336 g/mol. The molecule has 126 valence electrons. The third-order valence-electron chi connectivity index (χ3n) is 4.41. The topological polar surface area (TPSA) is 75.3 Å². The SMILES string of the molecule is Cc1ccc(NS(=O)(=O)c2ccc3c4c(cccc24)C(=O)N3)c(C)c1. The van der Waals surface area contributed by atoms with Gasteiger partial charge in [0.05, 0.1) is 10.6 Å². The molecule has 0 atom stereocenters. The highest BCUT2D eigenvalue weighted by atomic mass is 32.2. The number of nitrogens with one attached hydrogen (secondary N) is 2. The molecule has 0 aromatic heterocycles. The highest BCUT2D eigenvalue weighted by Gasteiger charge is 2.26. The predicted molar refractivity (Wildman–Crippen MR) is 98.6 cm³/mol. The lowest BCUT2D eigenvalue weighted by molar-refractivity contribution is 0.103. The minimum absolute atomic E-state index is 0.157. The molecule has 2 N–H and O–H groups in total. The second-order valence-electron chi connectivity index (χ2n) is 6.22. The Hall–Kier alpha value is -2.86. The van der Waals surface area contributed by atoms with Gasteiger partial charge >= 0.3 is 0 Å². The normalized spacial score (nSPS) is 13.1. The van der Waals surface area contributed by atoms with Crippen LogP contribution in [-0.2, 0) is 10.0 Å². The van der Waals surface area contributed by atoms with Crippen LogP contribution < -0.4 is 10.0 Å². The molecule has 0 aliphatic carbocycles. The average Bonchev–Trinajstić information content (AvgIpc) is 2.88. The van der Waals surface area contributed by atoms with Crippen molar-refractivity contribution in [2.45, 2.75) is 18.7 Å². The van der Waals surface area contributed by atoms with Crippen LogP contribution in [0.25, 0.3) is 10.8 Å². The molecule has 1 aliphatic rings. The second kappa shape index (κ2) is 5.32. The van der Waals surface area contributed by atoms with E-state index in [4.69, 9.17) is 0 Å². The number of hydrogen-bond donors (Lipinski definition) is 2. The van der Waals surface area contributed by atoms with Crippen molar-refractivity contribution in [2.24, 2.45) is 0 Å². The number of carbonyl (C=O) groups is 1. The third-order valence-corrected chi connectivity index (χ3v) is 5.83. The van der Waals surface area contributed by atoms with Crippen LogP contribution in [0.2, 0.25) is 0 Å². The summed E-state index contributed by atoms with van der Waals surface area (Å²) in [4.78, 5) is 12.2. The van der Waals surface area contributed by atoms with Gasteiger partial charge in [-0.3, -0.25) is 9.52 Å². The molecule has 1 heterocycles. The van der Waals surface area contributed by atoms with E-state index >= 15 is 0 Å². The zero-order chi connectivity index (χ0) is 17.8. The fourth-order valence-corrected chi connectivity index (χ4v) is 4.56. The molecule has 0 fully saturated rings. The van der Waals surface area contributed by atoms with Gasteiger partial charge in [0, 0.05) is 22.0 Å². The van der Waals surface area contributed by atoms with Crippen molar-refractivity contribution in [3.8, 4) is 0 Å². The lowest BCUT2D eigenvalue weighted by atomic mass is 10.1. The van der Waals surface area contributed by atoms with E-state index in [1.807, 2.05) is 26.0 Å². The van der Waals surface area contributed by atoms with Crippen LogP contribution in [0.4, 0.5) is 11.4 Å². The Morgan fingerprint density at radius 1 is 1.00 bits per heavy atom. The Labute approximate surface area is 145 Å². The zero-order valence-electron chi connectivity index (χ0n) is 13.8. The summed E-state index contributed by atoms with van der Waals surface area (Å²) in [5, 5.41) is 3.94. The van der Waals surface area contributed by atoms with Crippen molar-refractivity contribution >= 4 is 38.1 Å². The Morgan fingerprint density at radius 3 is 2.56 bits per heavy atom. The fourth-order valence-electron chi connectivity index (χ4n) is 3.23. The van der Waals surface area contributed by atoms with Gasteiger partial charge in [-0.25, -0.2) is 8.42 Å². The number of aryl methyl sites for hydroxylation is 2. The smallest absolute Gasteiger partial charge is 0.262 e. The maximum atomic E-state index is 13.0. The summed E-state index contributed by atoms with van der Waals surface area (Å²) in [6.45, 7) is 3.82. The van der Waals surface area contributed by atoms with Crippen molar-refractivity contribution in [3.63, 3.8) is 0 Å². The van der Waals surface area contributed by atoms with Gasteiger partial charge in [0.15, 0.2) is 0 Å². The number of hydrogen-bond acceptors (Lipinski definition) is 3. The van der Waals surface area contributed by atoms with E-state index in [2.05, 4.69) is 10.0 Å². The van der Waals surface area contributed by atoms with Crippen molar-refractivity contribution in [1.82, 2.24) is 0 Å². The molecule has 3 aromatic rings. The van der Waals surface area contributed by atoms with Crippen LogP contribution >= 0.6 is 0 Å². The van der Waals surface area contributed by atoms with Gasteiger partial charge in [-0.15, -0.1) is 0 Å². The molecule has 0 bridgehead atoms. The summed E-state index contributed by atoms with van der Waals surface area (Å²) >= 11 is 0. The number of rotatable bonds is 3. The fraction of sp³-hybridized carbons (Fsp3) is 0.105. The van der Waals surface area contributed by atoms with E-state index in [1.165, 1.54) is 6.07 Å². The van der Waals surface area contributed by atoms with Crippen molar-refractivity contribution in [3.05, 3.63) is 65.2 Å². The number of benzene rings is 3. The summed E-state index contributed by atoms with van der Waals surface area (Å²) in [6.07, 6.45) is 0. The molecule has 0 saturated carbocycles. The minimum Gasteiger partial charge on any atom is -0.321 e. The summed E-state index contributed by atoms with van der Waals surface area (Å²) in [6, 6.07) is 13.8.